The van der Waals surface area contributed by atoms with Crippen LogP contribution in [-0.4, -0.2) is 27.6 Å². The highest BCUT2D eigenvalue weighted by Crippen LogP contribution is 2.26. The summed E-state index contributed by atoms with van der Waals surface area (Å²) >= 11 is 0. The Bertz CT molecular complexity index is 166. The molecule has 0 fully saturated rings. The maximum atomic E-state index is 6.19. The van der Waals surface area contributed by atoms with Crippen molar-refractivity contribution in [1.82, 2.24) is 0 Å². The third-order valence-corrected chi connectivity index (χ3v) is 6.00. The molecule has 0 aliphatic heterocycles. The molecule has 0 aromatic rings. The first-order valence-electron chi connectivity index (χ1n) is 6.43. The average Bonchev–Trinajstić information content (AvgIpc) is 2.18. The van der Waals surface area contributed by atoms with Crippen LogP contribution in [0.5, 0.6) is 0 Å². The summed E-state index contributed by atoms with van der Waals surface area (Å²) in [6.07, 6.45) is 2.00. The fraction of sp³-hybridized carbons (Fsp3) is 1.00. The summed E-state index contributed by atoms with van der Waals surface area (Å²) in [6.45, 7) is 13.8. The van der Waals surface area contributed by atoms with Crippen molar-refractivity contribution < 1.29 is 13.3 Å². The zero-order chi connectivity index (χ0) is 12.7. The smallest absolute Gasteiger partial charge is 0.374 e. The van der Waals surface area contributed by atoms with Gasteiger partial charge in [-0.05, 0) is 34.1 Å². The van der Waals surface area contributed by atoms with Crippen LogP contribution in [0.4, 0.5) is 0 Å². The molecule has 0 heterocycles. The van der Waals surface area contributed by atoms with Gasteiger partial charge in [-0.3, -0.25) is 0 Å². The molecule has 0 saturated carbocycles. The van der Waals surface area contributed by atoms with Crippen LogP contribution in [0.25, 0.3) is 0 Å². The minimum Gasteiger partial charge on any atom is -0.374 e. The Morgan fingerprint density at radius 3 is 1.75 bits per heavy atom. The molecule has 4 heteroatoms. The molecular weight excluding hydrogens is 220 g/mol. The Balaban J connectivity index is 4.71. The van der Waals surface area contributed by atoms with Crippen molar-refractivity contribution in [3.8, 4) is 0 Å². The molecule has 0 aromatic carbocycles. The standard InChI is InChI=1S/C12H28O3Si/c1-7-11-16(13-9-3,14-10-4)15-12(5,6)8-2/h7-11H2,1-6H3. The van der Waals surface area contributed by atoms with E-state index in [0.717, 1.165) is 18.9 Å². The van der Waals surface area contributed by atoms with Gasteiger partial charge in [0.1, 0.15) is 0 Å². The second kappa shape index (κ2) is 7.43. The van der Waals surface area contributed by atoms with Gasteiger partial charge in [-0.15, -0.1) is 0 Å². The first-order chi connectivity index (χ1) is 7.45. The van der Waals surface area contributed by atoms with E-state index in [-0.39, 0.29) is 5.60 Å². The van der Waals surface area contributed by atoms with Crippen LogP contribution in [0.2, 0.25) is 6.04 Å². The van der Waals surface area contributed by atoms with E-state index in [0.29, 0.717) is 13.2 Å². The predicted octanol–water partition coefficient (Wildman–Crippen LogP) is 3.61. The second-order valence-corrected chi connectivity index (χ2v) is 7.16. The molecular formula is C12H28O3Si. The van der Waals surface area contributed by atoms with Crippen molar-refractivity contribution in [2.24, 2.45) is 0 Å². The van der Waals surface area contributed by atoms with Crippen molar-refractivity contribution in [2.75, 3.05) is 13.2 Å². The van der Waals surface area contributed by atoms with Crippen LogP contribution in [0, 0.1) is 0 Å². The van der Waals surface area contributed by atoms with Gasteiger partial charge < -0.3 is 13.3 Å². The van der Waals surface area contributed by atoms with Crippen molar-refractivity contribution in [2.45, 2.75) is 66.0 Å². The summed E-state index contributed by atoms with van der Waals surface area (Å²) in [4.78, 5) is 0. The molecule has 0 atom stereocenters. The van der Waals surface area contributed by atoms with E-state index < -0.39 is 8.80 Å². The molecule has 16 heavy (non-hydrogen) atoms. The lowest BCUT2D eigenvalue weighted by atomic mass is 10.1. The maximum Gasteiger partial charge on any atom is 0.501 e. The first-order valence-corrected chi connectivity index (χ1v) is 8.36. The Kier molecular flexibility index (Phi) is 7.47. The molecule has 0 N–H and O–H groups in total. The minimum absolute atomic E-state index is 0.161. The summed E-state index contributed by atoms with van der Waals surface area (Å²) in [6, 6.07) is 0.901. The Morgan fingerprint density at radius 2 is 1.44 bits per heavy atom. The third kappa shape index (κ3) is 5.43. The average molecular weight is 248 g/mol. The van der Waals surface area contributed by atoms with Crippen molar-refractivity contribution >= 4 is 8.80 Å². The number of hydrogen-bond donors (Lipinski definition) is 0. The lowest BCUT2D eigenvalue weighted by Gasteiger charge is -2.36. The van der Waals surface area contributed by atoms with Gasteiger partial charge in [0.05, 0.1) is 5.60 Å². The van der Waals surface area contributed by atoms with Gasteiger partial charge in [0, 0.05) is 19.3 Å². The first kappa shape index (κ1) is 16.1. The molecule has 98 valence electrons. The minimum atomic E-state index is -2.45. The summed E-state index contributed by atoms with van der Waals surface area (Å²) < 4.78 is 17.9. The Morgan fingerprint density at radius 1 is 0.938 bits per heavy atom. The normalized spacial score (nSPS) is 13.1. The van der Waals surface area contributed by atoms with Gasteiger partial charge in [-0.2, -0.15) is 0 Å². The molecule has 0 aliphatic carbocycles. The summed E-state index contributed by atoms with van der Waals surface area (Å²) in [5.74, 6) is 0. The highest BCUT2D eigenvalue weighted by Gasteiger charge is 2.43. The lowest BCUT2D eigenvalue weighted by Crippen LogP contribution is -2.51. The van der Waals surface area contributed by atoms with Crippen LogP contribution in [0.3, 0.4) is 0 Å². The summed E-state index contributed by atoms with van der Waals surface area (Å²) in [5, 5.41) is 0. The fourth-order valence-electron chi connectivity index (χ4n) is 1.54. The summed E-state index contributed by atoms with van der Waals surface area (Å²) in [7, 11) is -2.45. The largest absolute Gasteiger partial charge is 0.501 e. The topological polar surface area (TPSA) is 27.7 Å². The molecule has 0 bridgehead atoms. The molecule has 0 amide bonds. The van der Waals surface area contributed by atoms with E-state index in [1.54, 1.807) is 0 Å². The van der Waals surface area contributed by atoms with E-state index in [9.17, 15) is 0 Å². The number of hydrogen-bond acceptors (Lipinski definition) is 3. The van der Waals surface area contributed by atoms with Crippen molar-refractivity contribution in [1.29, 1.82) is 0 Å². The highest BCUT2D eigenvalue weighted by atomic mass is 28.4. The van der Waals surface area contributed by atoms with E-state index in [2.05, 4.69) is 27.7 Å². The lowest BCUT2D eigenvalue weighted by molar-refractivity contribution is -0.0121. The van der Waals surface area contributed by atoms with E-state index in [1.807, 2.05) is 13.8 Å². The predicted molar refractivity (Wildman–Crippen MR) is 69.6 cm³/mol. The van der Waals surface area contributed by atoms with Crippen LogP contribution in [-0.2, 0) is 13.3 Å². The van der Waals surface area contributed by atoms with Gasteiger partial charge in [0.25, 0.3) is 0 Å². The third-order valence-electron chi connectivity index (χ3n) is 2.57. The SMILES string of the molecule is CCC[Si](OCC)(OCC)OC(C)(C)CC. The molecule has 0 rings (SSSR count). The van der Waals surface area contributed by atoms with Gasteiger partial charge in [-0.1, -0.05) is 20.3 Å². The molecule has 0 aromatic heterocycles. The highest BCUT2D eigenvalue weighted by molar-refractivity contribution is 6.60. The van der Waals surface area contributed by atoms with Crippen LogP contribution in [0.1, 0.15) is 54.4 Å². The molecule has 3 nitrogen and oxygen atoms in total. The van der Waals surface area contributed by atoms with Gasteiger partial charge >= 0.3 is 8.80 Å². The van der Waals surface area contributed by atoms with Gasteiger partial charge in [0.2, 0.25) is 0 Å². The van der Waals surface area contributed by atoms with E-state index in [4.69, 9.17) is 13.3 Å². The van der Waals surface area contributed by atoms with Crippen molar-refractivity contribution in [3.05, 3.63) is 0 Å². The monoisotopic (exact) mass is 248 g/mol. The van der Waals surface area contributed by atoms with Crippen LogP contribution >= 0.6 is 0 Å². The van der Waals surface area contributed by atoms with Crippen LogP contribution in [0.15, 0.2) is 0 Å². The maximum absolute atomic E-state index is 6.19. The molecule has 0 radical (unpaired) electrons. The molecule has 0 saturated heterocycles. The van der Waals surface area contributed by atoms with E-state index in [1.165, 1.54) is 0 Å². The number of rotatable bonds is 9. The zero-order valence-corrected chi connectivity index (χ0v) is 12.8. The van der Waals surface area contributed by atoms with E-state index >= 15 is 0 Å². The fourth-order valence-corrected chi connectivity index (χ4v) is 4.61. The van der Waals surface area contributed by atoms with Gasteiger partial charge in [-0.25, -0.2) is 0 Å². The van der Waals surface area contributed by atoms with Crippen LogP contribution < -0.4 is 0 Å². The summed E-state index contributed by atoms with van der Waals surface area (Å²) in [5.41, 5.74) is -0.161. The quantitative estimate of drug-likeness (QED) is 0.583. The Hall–Kier alpha value is 0.0969. The molecule has 0 aliphatic rings. The molecule has 0 unspecified atom stereocenters. The Labute approximate surface area is 102 Å². The van der Waals surface area contributed by atoms with Crippen molar-refractivity contribution in [3.63, 3.8) is 0 Å². The second-order valence-electron chi connectivity index (χ2n) is 4.51. The molecule has 0 spiro atoms. The van der Waals surface area contributed by atoms with Gasteiger partial charge in [0.15, 0.2) is 0 Å². The zero-order valence-electron chi connectivity index (χ0n) is 11.8.